The Morgan fingerprint density at radius 2 is 0.667 bits per heavy atom. The van der Waals surface area contributed by atoms with E-state index in [1.165, 1.54) is 39.3 Å². The molecule has 0 aromatic carbocycles. The number of hydrogen-bond donors (Lipinski definition) is 0. The van der Waals surface area contributed by atoms with Crippen LogP contribution in [0.2, 0.25) is 0 Å². The molecule has 0 atom stereocenters. The molecular weight excluding hydrogens is 373 g/mol. The molecule has 1 rings (SSSR count). The maximum absolute atomic E-state index is 2.40. The van der Waals surface area contributed by atoms with Crippen molar-refractivity contribution >= 4 is 0 Å². The van der Waals surface area contributed by atoms with Crippen LogP contribution in [-0.2, 0) is 17.1 Å². The smallest absolute Gasteiger partial charge is 1.00 e. The summed E-state index contributed by atoms with van der Waals surface area (Å²) in [6.07, 6.45) is 0. The van der Waals surface area contributed by atoms with Crippen LogP contribution < -0.4 is 34.0 Å². The van der Waals surface area contributed by atoms with Crippen molar-refractivity contribution in [2.45, 2.75) is 0 Å². The summed E-state index contributed by atoms with van der Waals surface area (Å²) in [5.41, 5.74) is 0. The van der Waals surface area contributed by atoms with Crippen molar-refractivity contribution in [3.8, 4) is 0 Å². The standard InChI is InChI=1S/C9H21N3.2BrH.Cu/c1-10-4-6-11(2)8-9-12(3)7-5-10;;;/h4-9H2,1-3H3;2*1H;/q;;;+2/p-2. The van der Waals surface area contributed by atoms with Crippen LogP contribution in [0.3, 0.4) is 0 Å². The van der Waals surface area contributed by atoms with Crippen LogP contribution in [0, 0.1) is 0 Å². The van der Waals surface area contributed by atoms with E-state index in [4.69, 9.17) is 0 Å². The molecule has 0 amide bonds. The van der Waals surface area contributed by atoms with Crippen LogP contribution in [0.4, 0.5) is 0 Å². The van der Waals surface area contributed by atoms with Crippen LogP contribution >= 0.6 is 0 Å². The molecule has 0 N–H and O–H groups in total. The van der Waals surface area contributed by atoms with Crippen molar-refractivity contribution in [3.63, 3.8) is 0 Å². The largest absolute Gasteiger partial charge is 2.00 e. The average molecular weight is 395 g/mol. The zero-order valence-electron chi connectivity index (χ0n) is 9.64. The minimum atomic E-state index is 0. The molecule has 0 spiro atoms. The monoisotopic (exact) mass is 392 g/mol. The molecule has 6 heteroatoms. The van der Waals surface area contributed by atoms with E-state index in [0.717, 1.165) is 0 Å². The molecular formula is C9H21Br2CuN3. The second-order valence-electron chi connectivity index (χ2n) is 3.91. The van der Waals surface area contributed by atoms with Gasteiger partial charge in [0.25, 0.3) is 0 Å². The second-order valence-corrected chi connectivity index (χ2v) is 3.91. The molecule has 1 heterocycles. The van der Waals surface area contributed by atoms with Gasteiger partial charge in [-0.05, 0) is 21.1 Å². The van der Waals surface area contributed by atoms with Gasteiger partial charge in [-0.25, -0.2) is 0 Å². The molecule has 3 nitrogen and oxygen atoms in total. The maximum atomic E-state index is 2.40. The molecule has 0 aromatic rings. The molecule has 15 heavy (non-hydrogen) atoms. The summed E-state index contributed by atoms with van der Waals surface area (Å²) < 4.78 is 0. The summed E-state index contributed by atoms with van der Waals surface area (Å²) in [6.45, 7) is 7.19. The van der Waals surface area contributed by atoms with Crippen LogP contribution in [0.15, 0.2) is 0 Å². The zero-order valence-corrected chi connectivity index (χ0v) is 13.8. The van der Waals surface area contributed by atoms with Gasteiger partial charge in [0, 0.05) is 39.3 Å². The van der Waals surface area contributed by atoms with Gasteiger partial charge < -0.3 is 48.7 Å². The molecule has 0 aromatic heterocycles. The van der Waals surface area contributed by atoms with E-state index in [-0.39, 0.29) is 51.0 Å². The number of likely N-dealkylation sites (N-methyl/N-ethyl adjacent to an activating group) is 3. The Morgan fingerprint density at radius 1 is 0.533 bits per heavy atom. The van der Waals surface area contributed by atoms with Crippen molar-refractivity contribution in [2.24, 2.45) is 0 Å². The first-order valence-electron chi connectivity index (χ1n) is 4.74. The summed E-state index contributed by atoms with van der Waals surface area (Å²) in [5.74, 6) is 0. The van der Waals surface area contributed by atoms with Crippen molar-refractivity contribution < 1.29 is 51.0 Å². The number of rotatable bonds is 0. The molecule has 97 valence electrons. The fraction of sp³-hybridized carbons (Fsp3) is 1.00. The van der Waals surface area contributed by atoms with E-state index in [2.05, 4.69) is 35.8 Å². The number of nitrogens with zero attached hydrogens (tertiary/aromatic N) is 3. The Labute approximate surface area is 126 Å². The Kier molecular flexibility index (Phi) is 17.1. The van der Waals surface area contributed by atoms with E-state index in [9.17, 15) is 0 Å². The molecule has 0 aliphatic carbocycles. The maximum Gasteiger partial charge on any atom is 2.00 e. The molecule has 1 aliphatic rings. The summed E-state index contributed by atoms with van der Waals surface area (Å²) in [6, 6.07) is 0. The SMILES string of the molecule is CN1CCN(C)CCN(C)CC1.[Br-].[Br-].[Cu+2]. The van der Waals surface area contributed by atoms with Gasteiger partial charge in [-0.2, -0.15) is 0 Å². The average Bonchev–Trinajstić information content (AvgIpc) is 2.11. The Hall–Kier alpha value is 1.36. The predicted octanol–water partition coefficient (Wildman–Crippen LogP) is -6.20. The predicted molar refractivity (Wildman–Crippen MR) is 52.5 cm³/mol. The number of hydrogen-bond acceptors (Lipinski definition) is 3. The van der Waals surface area contributed by atoms with E-state index < -0.39 is 0 Å². The first-order valence-corrected chi connectivity index (χ1v) is 4.74. The van der Waals surface area contributed by atoms with E-state index in [1.54, 1.807) is 0 Å². The fourth-order valence-corrected chi connectivity index (χ4v) is 1.36. The quantitative estimate of drug-likeness (QED) is 0.379. The summed E-state index contributed by atoms with van der Waals surface area (Å²) in [4.78, 5) is 7.20. The third-order valence-electron chi connectivity index (χ3n) is 2.59. The van der Waals surface area contributed by atoms with Gasteiger partial charge >= 0.3 is 17.1 Å². The third-order valence-corrected chi connectivity index (χ3v) is 2.59. The van der Waals surface area contributed by atoms with Gasteiger partial charge in [-0.1, -0.05) is 0 Å². The van der Waals surface area contributed by atoms with Crippen molar-refractivity contribution in [2.75, 3.05) is 60.4 Å². The molecule has 1 radical (unpaired) electrons. The molecule has 1 saturated heterocycles. The van der Waals surface area contributed by atoms with Crippen molar-refractivity contribution in [1.29, 1.82) is 0 Å². The summed E-state index contributed by atoms with van der Waals surface area (Å²) in [5, 5.41) is 0. The Balaban J connectivity index is -0.000000480. The summed E-state index contributed by atoms with van der Waals surface area (Å²) in [7, 11) is 6.60. The first-order chi connectivity index (χ1) is 5.68. The normalized spacial score (nSPS) is 21.0. The van der Waals surface area contributed by atoms with Crippen molar-refractivity contribution in [3.05, 3.63) is 0 Å². The Morgan fingerprint density at radius 3 is 0.800 bits per heavy atom. The van der Waals surface area contributed by atoms with Gasteiger partial charge in [0.2, 0.25) is 0 Å². The topological polar surface area (TPSA) is 9.72 Å². The fourth-order valence-electron chi connectivity index (χ4n) is 1.36. The van der Waals surface area contributed by atoms with Crippen LogP contribution in [0.5, 0.6) is 0 Å². The molecule has 0 bridgehead atoms. The van der Waals surface area contributed by atoms with Gasteiger partial charge in [0.05, 0.1) is 0 Å². The molecule has 1 fully saturated rings. The minimum absolute atomic E-state index is 0. The zero-order chi connectivity index (χ0) is 8.97. The van der Waals surface area contributed by atoms with Crippen molar-refractivity contribution in [1.82, 2.24) is 14.7 Å². The molecule has 0 saturated carbocycles. The number of halogens is 2. The Bertz CT molecular complexity index is 105. The van der Waals surface area contributed by atoms with Gasteiger partial charge in [0.15, 0.2) is 0 Å². The minimum Gasteiger partial charge on any atom is -1.00 e. The molecule has 0 unspecified atom stereocenters. The van der Waals surface area contributed by atoms with Crippen LogP contribution in [0.25, 0.3) is 0 Å². The van der Waals surface area contributed by atoms with Gasteiger partial charge in [-0.3, -0.25) is 0 Å². The second kappa shape index (κ2) is 11.8. The first kappa shape index (κ1) is 21.6. The van der Waals surface area contributed by atoms with Gasteiger partial charge in [0.1, 0.15) is 0 Å². The van der Waals surface area contributed by atoms with Crippen LogP contribution in [-0.4, -0.2) is 75.1 Å². The van der Waals surface area contributed by atoms with E-state index in [1.807, 2.05) is 0 Å². The van der Waals surface area contributed by atoms with E-state index >= 15 is 0 Å². The summed E-state index contributed by atoms with van der Waals surface area (Å²) >= 11 is 0. The van der Waals surface area contributed by atoms with E-state index in [0.29, 0.717) is 0 Å². The van der Waals surface area contributed by atoms with Crippen LogP contribution in [0.1, 0.15) is 0 Å². The molecule has 1 aliphatic heterocycles. The third kappa shape index (κ3) is 10.2. The van der Waals surface area contributed by atoms with Gasteiger partial charge in [-0.15, -0.1) is 0 Å².